The summed E-state index contributed by atoms with van der Waals surface area (Å²) in [4.78, 5) is 2.81. The highest BCUT2D eigenvalue weighted by atomic mass is 35.5. The predicted molar refractivity (Wildman–Crippen MR) is 113 cm³/mol. The van der Waals surface area contributed by atoms with Crippen LogP contribution >= 0.6 is 12.4 Å². The van der Waals surface area contributed by atoms with E-state index in [9.17, 15) is 0 Å². The summed E-state index contributed by atoms with van der Waals surface area (Å²) in [6, 6.07) is 0.577. The van der Waals surface area contributed by atoms with Crippen molar-refractivity contribution < 1.29 is 0 Å². The topological polar surface area (TPSA) is 15.3 Å². The van der Waals surface area contributed by atoms with Gasteiger partial charge >= 0.3 is 0 Å². The molecule has 0 amide bonds. The molecule has 1 saturated heterocycles. The maximum atomic E-state index is 3.50. The van der Waals surface area contributed by atoms with Crippen molar-refractivity contribution in [1.29, 1.82) is 0 Å². The standard InChI is InChI=1S/C24H30N2.ClH/c1-2-7-22-17(6-1)8-10-19-18(14-16-4-3-5-16)9-11-20-21-15-25-13-12-23(21)26(22)24(19)20;/h1,6,8,12,15-16,18,20,22,25H,2-5,7,9-11,13-14H2;1H. The van der Waals surface area contributed by atoms with Crippen LogP contribution in [0.3, 0.4) is 0 Å². The Labute approximate surface area is 169 Å². The molecule has 0 aromatic rings. The number of nitrogens with zero attached hydrogens (tertiary/aromatic N) is 1. The van der Waals surface area contributed by atoms with Crippen molar-refractivity contribution >= 4 is 12.4 Å². The fourth-order valence-corrected chi connectivity index (χ4v) is 6.36. The van der Waals surface area contributed by atoms with Crippen LogP contribution in [0.15, 0.2) is 58.6 Å². The van der Waals surface area contributed by atoms with Gasteiger partial charge in [0.25, 0.3) is 0 Å². The first-order valence-electron chi connectivity index (χ1n) is 10.9. The molecule has 0 bridgehead atoms. The number of dihydropyridines is 1. The molecular weight excluding hydrogens is 352 g/mol. The lowest BCUT2D eigenvalue weighted by atomic mass is 9.70. The lowest BCUT2D eigenvalue weighted by Crippen LogP contribution is -2.35. The van der Waals surface area contributed by atoms with E-state index in [1.807, 2.05) is 0 Å². The van der Waals surface area contributed by atoms with Crippen LogP contribution in [0.1, 0.15) is 57.8 Å². The van der Waals surface area contributed by atoms with Gasteiger partial charge in [0.15, 0.2) is 0 Å². The van der Waals surface area contributed by atoms with Crippen molar-refractivity contribution in [1.82, 2.24) is 10.2 Å². The molecule has 1 saturated carbocycles. The average Bonchev–Trinajstić information content (AvgIpc) is 2.87. The number of rotatable bonds is 2. The van der Waals surface area contributed by atoms with E-state index in [4.69, 9.17) is 0 Å². The van der Waals surface area contributed by atoms with Gasteiger partial charge in [0.05, 0.1) is 6.04 Å². The van der Waals surface area contributed by atoms with E-state index < -0.39 is 0 Å². The normalized spacial score (nSPS) is 34.0. The van der Waals surface area contributed by atoms with Crippen molar-refractivity contribution in [3.05, 3.63) is 58.6 Å². The molecule has 0 radical (unpaired) electrons. The summed E-state index contributed by atoms with van der Waals surface area (Å²) in [5, 5.41) is 3.50. The lowest BCUT2D eigenvalue weighted by Gasteiger charge is -2.39. The first-order valence-corrected chi connectivity index (χ1v) is 10.9. The van der Waals surface area contributed by atoms with Crippen molar-refractivity contribution in [2.24, 2.45) is 17.8 Å². The van der Waals surface area contributed by atoms with Gasteiger partial charge < -0.3 is 10.2 Å². The van der Waals surface area contributed by atoms with Gasteiger partial charge in [-0.2, -0.15) is 0 Å². The van der Waals surface area contributed by atoms with Crippen molar-refractivity contribution in [3.63, 3.8) is 0 Å². The number of nitrogens with one attached hydrogen (secondary N) is 1. The highest BCUT2D eigenvalue weighted by molar-refractivity contribution is 5.85. The summed E-state index contributed by atoms with van der Waals surface area (Å²) in [6.07, 6.45) is 24.6. The smallest absolute Gasteiger partial charge is 0.0588 e. The Bertz CT molecular complexity index is 780. The molecule has 144 valence electrons. The second-order valence-electron chi connectivity index (χ2n) is 9.14. The van der Waals surface area contributed by atoms with Crippen molar-refractivity contribution in [2.75, 3.05) is 6.54 Å². The largest absolute Gasteiger partial charge is 0.387 e. The van der Waals surface area contributed by atoms with Crippen LogP contribution in [0.25, 0.3) is 0 Å². The molecule has 0 spiro atoms. The van der Waals surface area contributed by atoms with Crippen LogP contribution in [0.4, 0.5) is 0 Å². The molecule has 27 heavy (non-hydrogen) atoms. The first-order chi connectivity index (χ1) is 12.9. The molecule has 1 N–H and O–H groups in total. The minimum absolute atomic E-state index is 0. The van der Waals surface area contributed by atoms with Crippen molar-refractivity contribution in [2.45, 2.75) is 63.8 Å². The predicted octanol–water partition coefficient (Wildman–Crippen LogP) is 5.61. The molecule has 0 aromatic heterocycles. The molecule has 3 aliphatic carbocycles. The zero-order valence-corrected chi connectivity index (χ0v) is 16.9. The van der Waals surface area contributed by atoms with Crippen LogP contribution in [-0.2, 0) is 0 Å². The molecule has 3 heteroatoms. The molecule has 6 aliphatic rings. The molecule has 0 aromatic carbocycles. The highest BCUT2D eigenvalue weighted by Crippen LogP contribution is 2.55. The number of allylic oxidation sites excluding steroid dienone is 5. The van der Waals surface area contributed by atoms with E-state index in [1.165, 1.54) is 57.8 Å². The van der Waals surface area contributed by atoms with Gasteiger partial charge in [0.1, 0.15) is 0 Å². The SMILES string of the molecule is C1=CC2=CCC3=C4C(CCC3CC3CCC3)C3=CNCC=C3N4C2CC1.Cl. The van der Waals surface area contributed by atoms with Crippen molar-refractivity contribution in [3.8, 4) is 0 Å². The third-order valence-electron chi connectivity index (χ3n) is 7.83. The van der Waals surface area contributed by atoms with E-state index in [0.29, 0.717) is 12.0 Å². The Balaban J connectivity index is 0.00000160. The molecular formula is C24H31ClN2. The minimum atomic E-state index is 0. The van der Waals surface area contributed by atoms with Gasteiger partial charge in [0, 0.05) is 35.6 Å². The summed E-state index contributed by atoms with van der Waals surface area (Å²) >= 11 is 0. The van der Waals surface area contributed by atoms with Gasteiger partial charge in [-0.25, -0.2) is 0 Å². The van der Waals surface area contributed by atoms with E-state index in [1.54, 1.807) is 28.1 Å². The fourth-order valence-electron chi connectivity index (χ4n) is 6.36. The molecule has 3 heterocycles. The highest BCUT2D eigenvalue weighted by Gasteiger charge is 2.47. The van der Waals surface area contributed by atoms with Crippen LogP contribution in [0.5, 0.6) is 0 Å². The van der Waals surface area contributed by atoms with Gasteiger partial charge in [0.2, 0.25) is 0 Å². The Morgan fingerprint density at radius 2 is 2.00 bits per heavy atom. The zero-order chi connectivity index (χ0) is 17.1. The van der Waals surface area contributed by atoms with Gasteiger partial charge in [-0.15, -0.1) is 12.4 Å². The molecule has 2 fully saturated rings. The number of fused-ring (bicyclic) bond motifs is 5. The average molecular weight is 383 g/mol. The Morgan fingerprint density at radius 3 is 2.85 bits per heavy atom. The molecule has 2 nitrogen and oxygen atoms in total. The van der Waals surface area contributed by atoms with E-state index in [-0.39, 0.29) is 12.4 Å². The van der Waals surface area contributed by atoms with Gasteiger partial charge in [-0.05, 0) is 67.6 Å². The Kier molecular flexibility index (Phi) is 4.50. The second-order valence-corrected chi connectivity index (χ2v) is 9.14. The fraction of sp³-hybridized carbons (Fsp3) is 0.583. The minimum Gasteiger partial charge on any atom is -0.387 e. The van der Waals surface area contributed by atoms with E-state index >= 15 is 0 Å². The zero-order valence-electron chi connectivity index (χ0n) is 16.1. The maximum Gasteiger partial charge on any atom is 0.0588 e. The number of hydrogen-bond donors (Lipinski definition) is 1. The summed E-state index contributed by atoms with van der Waals surface area (Å²) < 4.78 is 0. The van der Waals surface area contributed by atoms with E-state index in [0.717, 1.165) is 18.4 Å². The van der Waals surface area contributed by atoms with E-state index in [2.05, 4.69) is 40.7 Å². The first kappa shape index (κ1) is 17.7. The Hall–Kier alpha value is -1.41. The lowest BCUT2D eigenvalue weighted by molar-refractivity contribution is 0.238. The molecule has 3 unspecified atom stereocenters. The maximum absolute atomic E-state index is 3.50. The van der Waals surface area contributed by atoms with Crippen LogP contribution in [-0.4, -0.2) is 17.5 Å². The molecule has 3 aliphatic heterocycles. The third-order valence-corrected chi connectivity index (χ3v) is 7.83. The summed E-state index contributed by atoms with van der Waals surface area (Å²) in [5.74, 6) is 2.50. The third kappa shape index (κ3) is 2.67. The molecule has 3 atom stereocenters. The second kappa shape index (κ2) is 6.88. The molecule has 6 rings (SSSR count). The quantitative estimate of drug-likeness (QED) is 0.667. The van der Waals surface area contributed by atoms with Gasteiger partial charge in [-0.1, -0.05) is 37.5 Å². The van der Waals surface area contributed by atoms with Crippen LogP contribution in [0, 0.1) is 17.8 Å². The van der Waals surface area contributed by atoms with Gasteiger partial charge in [-0.3, -0.25) is 0 Å². The van der Waals surface area contributed by atoms with Crippen LogP contribution < -0.4 is 5.32 Å². The monoisotopic (exact) mass is 382 g/mol. The number of hydrogen-bond acceptors (Lipinski definition) is 2. The number of halogens is 1. The summed E-state index contributed by atoms with van der Waals surface area (Å²) in [5.41, 5.74) is 8.24. The summed E-state index contributed by atoms with van der Waals surface area (Å²) in [7, 11) is 0. The van der Waals surface area contributed by atoms with Crippen LogP contribution in [0.2, 0.25) is 0 Å². The Morgan fingerprint density at radius 1 is 1.07 bits per heavy atom. The summed E-state index contributed by atoms with van der Waals surface area (Å²) in [6.45, 7) is 0.984.